The predicted octanol–water partition coefficient (Wildman–Crippen LogP) is 5.33. The smallest absolute Gasteiger partial charge is 0.338 e. The zero-order chi connectivity index (χ0) is 21.1. The van der Waals surface area contributed by atoms with Crippen LogP contribution in [0.4, 0.5) is 5.69 Å². The molecule has 0 aliphatic rings. The lowest BCUT2D eigenvalue weighted by Crippen LogP contribution is -2.17. The quantitative estimate of drug-likeness (QED) is 0.222. The van der Waals surface area contributed by atoms with Gasteiger partial charge in [0.25, 0.3) is 5.69 Å². The summed E-state index contributed by atoms with van der Waals surface area (Å²) in [4.78, 5) is 22.4. The van der Waals surface area contributed by atoms with E-state index in [0.717, 1.165) is 5.56 Å². The van der Waals surface area contributed by atoms with E-state index in [9.17, 15) is 14.9 Å². The van der Waals surface area contributed by atoms with Crippen LogP contribution in [0.15, 0.2) is 66.7 Å². The van der Waals surface area contributed by atoms with Crippen LogP contribution in [-0.2, 0) is 16.1 Å². The average Bonchev–Trinajstić information content (AvgIpc) is 2.73. The van der Waals surface area contributed by atoms with Gasteiger partial charge in [-0.1, -0.05) is 56.3 Å². The van der Waals surface area contributed by atoms with Crippen LogP contribution in [0.5, 0.6) is 0 Å². The minimum Gasteiger partial charge on any atom is -0.458 e. The Morgan fingerprint density at radius 2 is 1.83 bits per heavy atom. The molecule has 0 saturated heterocycles. The number of carbonyl (C=O) groups is 1. The highest BCUT2D eigenvalue weighted by Gasteiger charge is 2.15. The number of carbonyl (C=O) groups excluding carboxylic acids is 1. The molecule has 0 saturated carbocycles. The molecule has 0 unspecified atom stereocenters. The van der Waals surface area contributed by atoms with E-state index in [2.05, 4.69) is 13.0 Å². The molecule has 0 amide bonds. The summed E-state index contributed by atoms with van der Waals surface area (Å²) in [6.07, 6.45) is 5.12. The van der Waals surface area contributed by atoms with E-state index in [4.69, 9.17) is 9.47 Å². The van der Waals surface area contributed by atoms with E-state index >= 15 is 0 Å². The maximum atomic E-state index is 12.2. The molecule has 2 rings (SSSR count). The van der Waals surface area contributed by atoms with E-state index in [1.165, 1.54) is 24.3 Å². The van der Waals surface area contributed by atoms with E-state index in [1.54, 1.807) is 0 Å². The van der Waals surface area contributed by atoms with Gasteiger partial charge in [-0.2, -0.15) is 0 Å². The number of esters is 1. The summed E-state index contributed by atoms with van der Waals surface area (Å²) in [5, 5.41) is 10.7. The van der Waals surface area contributed by atoms with Crippen LogP contribution in [-0.4, -0.2) is 23.6 Å². The Morgan fingerprint density at radius 1 is 1.14 bits per heavy atom. The van der Waals surface area contributed by atoms with Gasteiger partial charge in [-0.25, -0.2) is 4.79 Å². The van der Waals surface area contributed by atoms with Crippen molar-refractivity contribution in [3.63, 3.8) is 0 Å². The maximum Gasteiger partial charge on any atom is 0.338 e. The van der Waals surface area contributed by atoms with Crippen LogP contribution < -0.4 is 0 Å². The van der Waals surface area contributed by atoms with Crippen LogP contribution in [0.25, 0.3) is 0 Å². The van der Waals surface area contributed by atoms with Crippen molar-refractivity contribution in [2.24, 2.45) is 5.92 Å². The standard InChI is InChI=1S/C23H27NO5/c1-3-22(29-23(25)20-12-14-21(15-13-20)24(26)27)11-7-8-18(2)16-28-17-19-9-5-4-6-10-19/h4-10,12-15,18,22H,3,11,16-17H2,1-2H3/b8-7-/t18-,22+/m1/s1. The first kappa shape index (κ1) is 22.3. The van der Waals surface area contributed by atoms with Crippen LogP contribution in [0.2, 0.25) is 0 Å². The summed E-state index contributed by atoms with van der Waals surface area (Å²) in [7, 11) is 0. The molecule has 0 spiro atoms. The van der Waals surface area contributed by atoms with Crippen molar-refractivity contribution < 1.29 is 19.2 Å². The van der Waals surface area contributed by atoms with Crippen molar-refractivity contribution in [2.75, 3.05) is 6.61 Å². The summed E-state index contributed by atoms with van der Waals surface area (Å²) < 4.78 is 11.2. The Morgan fingerprint density at radius 3 is 2.45 bits per heavy atom. The Balaban J connectivity index is 1.75. The van der Waals surface area contributed by atoms with Crippen molar-refractivity contribution in [2.45, 2.75) is 39.4 Å². The first-order valence-corrected chi connectivity index (χ1v) is 9.73. The number of benzene rings is 2. The summed E-state index contributed by atoms with van der Waals surface area (Å²) >= 11 is 0. The lowest BCUT2D eigenvalue weighted by Gasteiger charge is -2.15. The second kappa shape index (κ2) is 11.8. The fourth-order valence-electron chi connectivity index (χ4n) is 2.69. The van der Waals surface area contributed by atoms with Crippen LogP contribution in [0, 0.1) is 16.0 Å². The normalized spacial score (nSPS) is 13.2. The first-order chi connectivity index (χ1) is 14.0. The molecule has 6 heteroatoms. The number of hydrogen-bond acceptors (Lipinski definition) is 5. The molecular formula is C23H27NO5. The molecule has 6 nitrogen and oxygen atoms in total. The summed E-state index contributed by atoms with van der Waals surface area (Å²) in [6, 6.07) is 15.5. The van der Waals surface area contributed by atoms with E-state index < -0.39 is 10.9 Å². The summed E-state index contributed by atoms with van der Waals surface area (Å²) in [5.41, 5.74) is 1.40. The minimum atomic E-state index is -0.501. The van der Waals surface area contributed by atoms with Gasteiger partial charge in [-0.15, -0.1) is 0 Å². The molecule has 2 aromatic carbocycles. The second-order valence-electron chi connectivity index (χ2n) is 6.88. The van der Waals surface area contributed by atoms with Gasteiger partial charge in [0.2, 0.25) is 0 Å². The zero-order valence-electron chi connectivity index (χ0n) is 16.8. The second-order valence-corrected chi connectivity index (χ2v) is 6.88. The Bertz CT molecular complexity index is 802. The molecule has 0 fully saturated rings. The van der Waals surface area contributed by atoms with Gasteiger partial charge in [0.15, 0.2) is 0 Å². The van der Waals surface area contributed by atoms with E-state index in [1.807, 2.05) is 43.3 Å². The zero-order valence-corrected chi connectivity index (χ0v) is 16.8. The Labute approximate surface area is 171 Å². The maximum absolute atomic E-state index is 12.2. The average molecular weight is 397 g/mol. The van der Waals surface area contributed by atoms with Crippen molar-refractivity contribution in [3.8, 4) is 0 Å². The van der Waals surface area contributed by atoms with Gasteiger partial charge in [0.1, 0.15) is 6.10 Å². The molecule has 0 aliphatic heterocycles. The van der Waals surface area contributed by atoms with Gasteiger partial charge in [0, 0.05) is 18.6 Å². The number of ether oxygens (including phenoxy) is 2. The minimum absolute atomic E-state index is 0.0556. The number of nitro benzene ring substituents is 1. The van der Waals surface area contributed by atoms with Gasteiger partial charge < -0.3 is 9.47 Å². The molecule has 0 aromatic heterocycles. The molecule has 2 aromatic rings. The molecule has 154 valence electrons. The third kappa shape index (κ3) is 7.87. The highest BCUT2D eigenvalue weighted by molar-refractivity contribution is 5.89. The monoisotopic (exact) mass is 397 g/mol. The lowest BCUT2D eigenvalue weighted by molar-refractivity contribution is -0.384. The van der Waals surface area contributed by atoms with Crippen molar-refractivity contribution in [1.82, 2.24) is 0 Å². The van der Waals surface area contributed by atoms with Crippen LogP contribution in [0.3, 0.4) is 0 Å². The van der Waals surface area contributed by atoms with E-state index in [0.29, 0.717) is 31.6 Å². The van der Waals surface area contributed by atoms with Crippen LogP contribution >= 0.6 is 0 Å². The topological polar surface area (TPSA) is 78.7 Å². The SMILES string of the molecule is CC[C@@H](C/C=C\[C@@H](C)COCc1ccccc1)OC(=O)c1ccc([N+](=O)[O-])cc1. The number of hydrogen-bond donors (Lipinski definition) is 0. The fourth-order valence-corrected chi connectivity index (χ4v) is 2.69. The number of nitrogens with zero attached hydrogens (tertiary/aromatic N) is 1. The number of rotatable bonds is 11. The van der Waals surface area contributed by atoms with Crippen LogP contribution in [0.1, 0.15) is 42.6 Å². The molecule has 2 atom stereocenters. The van der Waals surface area contributed by atoms with Crippen molar-refractivity contribution >= 4 is 11.7 Å². The Kier molecular flexibility index (Phi) is 9.05. The van der Waals surface area contributed by atoms with E-state index in [-0.39, 0.29) is 17.7 Å². The molecule has 0 N–H and O–H groups in total. The molecule has 0 heterocycles. The predicted molar refractivity (Wildman–Crippen MR) is 112 cm³/mol. The van der Waals surface area contributed by atoms with Gasteiger partial charge in [-0.3, -0.25) is 10.1 Å². The highest BCUT2D eigenvalue weighted by atomic mass is 16.6. The molecular weight excluding hydrogens is 370 g/mol. The van der Waals surface area contributed by atoms with Gasteiger partial charge in [0.05, 0.1) is 23.7 Å². The Hall–Kier alpha value is -2.99. The summed E-state index contributed by atoms with van der Waals surface area (Å²) in [5.74, 6) is -0.221. The third-order valence-electron chi connectivity index (χ3n) is 4.40. The summed E-state index contributed by atoms with van der Waals surface area (Å²) in [6.45, 7) is 5.23. The van der Waals surface area contributed by atoms with Crippen molar-refractivity contribution in [1.29, 1.82) is 0 Å². The highest BCUT2D eigenvalue weighted by Crippen LogP contribution is 2.15. The van der Waals surface area contributed by atoms with Crippen molar-refractivity contribution in [3.05, 3.63) is 88.0 Å². The fraction of sp³-hybridized carbons (Fsp3) is 0.348. The molecule has 0 bridgehead atoms. The largest absolute Gasteiger partial charge is 0.458 e. The first-order valence-electron chi connectivity index (χ1n) is 9.73. The van der Waals surface area contributed by atoms with Gasteiger partial charge >= 0.3 is 5.97 Å². The number of non-ortho nitro benzene ring substituents is 1. The molecule has 29 heavy (non-hydrogen) atoms. The molecule has 0 aliphatic carbocycles. The third-order valence-corrected chi connectivity index (χ3v) is 4.40. The molecule has 0 radical (unpaired) electrons. The number of nitro groups is 1. The van der Waals surface area contributed by atoms with Gasteiger partial charge in [-0.05, 0) is 30.0 Å². The lowest BCUT2D eigenvalue weighted by atomic mass is 10.1.